The van der Waals surface area contributed by atoms with E-state index in [9.17, 15) is 0 Å². The lowest BCUT2D eigenvalue weighted by atomic mass is 9.64. The van der Waals surface area contributed by atoms with Crippen LogP contribution in [0, 0.1) is 0 Å². The molecule has 2 fully saturated rings. The predicted octanol–water partition coefficient (Wildman–Crippen LogP) is 2.52. The van der Waals surface area contributed by atoms with Crippen molar-refractivity contribution in [2.75, 3.05) is 32.8 Å². The maximum absolute atomic E-state index is 6.15. The van der Waals surface area contributed by atoms with Crippen LogP contribution in [0.4, 0.5) is 0 Å². The third-order valence-corrected chi connectivity index (χ3v) is 5.12. The van der Waals surface area contributed by atoms with Crippen molar-refractivity contribution in [3.05, 3.63) is 34.3 Å². The van der Waals surface area contributed by atoms with Gasteiger partial charge in [-0.05, 0) is 30.5 Å². The molecule has 4 nitrogen and oxygen atoms in total. The number of nitrogens with two attached hydrogens (primary N) is 1. The van der Waals surface area contributed by atoms with Crippen molar-refractivity contribution in [1.82, 2.24) is 4.90 Å². The van der Waals surface area contributed by atoms with Crippen molar-refractivity contribution in [2.24, 2.45) is 10.7 Å². The maximum Gasteiger partial charge on any atom is 0.191 e. The third kappa shape index (κ3) is 3.24. The number of guanidine groups is 1. The van der Waals surface area contributed by atoms with Gasteiger partial charge in [0.25, 0.3) is 0 Å². The summed E-state index contributed by atoms with van der Waals surface area (Å²) in [6.07, 6.45) is 3.67. The third-order valence-electron chi connectivity index (χ3n) is 4.63. The second-order valence-corrected chi connectivity index (χ2v) is 6.83. The maximum atomic E-state index is 6.15. The molecule has 114 valence electrons. The van der Waals surface area contributed by atoms with Gasteiger partial charge in [-0.1, -0.05) is 34.5 Å². The molecule has 1 aromatic rings. The van der Waals surface area contributed by atoms with E-state index in [4.69, 9.17) is 15.5 Å². The molecule has 21 heavy (non-hydrogen) atoms. The molecule has 3 rings (SSSR count). The Kier molecular flexibility index (Phi) is 4.50. The van der Waals surface area contributed by atoms with Crippen molar-refractivity contribution in [3.63, 3.8) is 0 Å². The van der Waals surface area contributed by atoms with Crippen LogP contribution in [0.15, 0.2) is 33.7 Å². The van der Waals surface area contributed by atoms with E-state index < -0.39 is 0 Å². The van der Waals surface area contributed by atoms with Crippen LogP contribution in [0.5, 0.6) is 0 Å². The average Bonchev–Trinajstić information content (AvgIpc) is 2.47. The van der Waals surface area contributed by atoms with E-state index in [0.717, 1.165) is 37.3 Å². The second kappa shape index (κ2) is 6.36. The van der Waals surface area contributed by atoms with E-state index >= 15 is 0 Å². The van der Waals surface area contributed by atoms with E-state index in [1.165, 1.54) is 24.8 Å². The second-order valence-electron chi connectivity index (χ2n) is 5.92. The first-order valence-corrected chi connectivity index (χ1v) is 8.38. The average molecular weight is 352 g/mol. The Balaban J connectivity index is 1.72. The van der Waals surface area contributed by atoms with E-state index in [2.05, 4.69) is 45.1 Å². The Morgan fingerprint density at radius 3 is 2.71 bits per heavy atom. The Hall–Kier alpha value is -1.07. The molecule has 0 unspecified atom stereocenters. The van der Waals surface area contributed by atoms with Crippen LogP contribution in [-0.2, 0) is 10.2 Å². The van der Waals surface area contributed by atoms with Gasteiger partial charge in [-0.3, -0.25) is 4.99 Å². The molecule has 1 aliphatic heterocycles. The lowest BCUT2D eigenvalue weighted by Crippen LogP contribution is -2.46. The predicted molar refractivity (Wildman–Crippen MR) is 88.6 cm³/mol. The standard InChI is InChI=1S/C16H22BrN3O/c17-14-4-1-3-13(11-14)16(5-2-6-16)12-19-15(18)20-7-9-21-10-8-20/h1,3-4,11H,2,5-10,12H2,(H2,18,19). The molecule has 0 radical (unpaired) electrons. The number of benzene rings is 1. The Morgan fingerprint density at radius 2 is 2.10 bits per heavy atom. The van der Waals surface area contributed by atoms with Gasteiger partial charge in [-0.15, -0.1) is 0 Å². The fourth-order valence-corrected chi connectivity index (χ4v) is 3.48. The molecule has 1 saturated carbocycles. The number of halogens is 1. The SMILES string of the molecule is NC(=NCC1(c2cccc(Br)c2)CCC1)N1CCOCC1. The van der Waals surface area contributed by atoms with E-state index in [-0.39, 0.29) is 5.41 Å². The number of hydrogen-bond donors (Lipinski definition) is 1. The molecule has 0 bridgehead atoms. The fourth-order valence-electron chi connectivity index (χ4n) is 3.08. The van der Waals surface area contributed by atoms with Gasteiger partial charge >= 0.3 is 0 Å². The Bertz CT molecular complexity index is 522. The number of nitrogens with zero attached hydrogens (tertiary/aromatic N) is 2. The van der Waals surface area contributed by atoms with Gasteiger partial charge in [-0.2, -0.15) is 0 Å². The summed E-state index contributed by atoms with van der Waals surface area (Å²) in [4.78, 5) is 6.82. The molecule has 1 aromatic carbocycles. The van der Waals surface area contributed by atoms with Crippen molar-refractivity contribution in [1.29, 1.82) is 0 Å². The molecule has 0 aromatic heterocycles. The van der Waals surface area contributed by atoms with E-state index in [1.807, 2.05) is 0 Å². The van der Waals surface area contributed by atoms with Crippen molar-refractivity contribution >= 4 is 21.9 Å². The topological polar surface area (TPSA) is 50.8 Å². The van der Waals surface area contributed by atoms with Crippen molar-refractivity contribution < 1.29 is 4.74 Å². The highest BCUT2D eigenvalue weighted by molar-refractivity contribution is 9.10. The summed E-state index contributed by atoms with van der Waals surface area (Å²) >= 11 is 3.57. The van der Waals surface area contributed by atoms with Gasteiger partial charge in [0.1, 0.15) is 0 Å². The first-order valence-electron chi connectivity index (χ1n) is 7.58. The van der Waals surface area contributed by atoms with E-state index in [1.54, 1.807) is 0 Å². The highest BCUT2D eigenvalue weighted by Crippen LogP contribution is 2.44. The van der Waals surface area contributed by atoms with Crippen LogP contribution >= 0.6 is 15.9 Å². The zero-order valence-electron chi connectivity index (χ0n) is 12.2. The zero-order chi connectivity index (χ0) is 14.7. The molecule has 1 saturated heterocycles. The highest BCUT2D eigenvalue weighted by Gasteiger charge is 2.38. The monoisotopic (exact) mass is 351 g/mol. The summed E-state index contributed by atoms with van der Waals surface area (Å²) in [6, 6.07) is 8.61. The Labute approximate surface area is 134 Å². The van der Waals surface area contributed by atoms with Crippen molar-refractivity contribution in [2.45, 2.75) is 24.7 Å². The fraction of sp³-hybridized carbons (Fsp3) is 0.562. The zero-order valence-corrected chi connectivity index (χ0v) is 13.8. The lowest BCUT2D eigenvalue weighted by Gasteiger charge is -2.41. The minimum absolute atomic E-state index is 0.181. The molecule has 0 atom stereocenters. The normalized spacial score (nSPS) is 22.0. The van der Waals surface area contributed by atoms with Crippen LogP contribution in [0.3, 0.4) is 0 Å². The highest BCUT2D eigenvalue weighted by atomic mass is 79.9. The van der Waals surface area contributed by atoms with Gasteiger partial charge in [-0.25, -0.2) is 0 Å². The molecule has 0 amide bonds. The van der Waals surface area contributed by atoms with Crippen LogP contribution in [-0.4, -0.2) is 43.7 Å². The van der Waals surface area contributed by atoms with Gasteiger partial charge in [0, 0.05) is 23.0 Å². The molecule has 5 heteroatoms. The van der Waals surface area contributed by atoms with Crippen LogP contribution in [0.1, 0.15) is 24.8 Å². The molecular weight excluding hydrogens is 330 g/mol. The molecule has 0 spiro atoms. The van der Waals surface area contributed by atoms with Crippen LogP contribution in [0.25, 0.3) is 0 Å². The molecule has 1 aliphatic carbocycles. The summed E-state index contributed by atoms with van der Waals surface area (Å²) in [7, 11) is 0. The van der Waals surface area contributed by atoms with Crippen LogP contribution in [0.2, 0.25) is 0 Å². The molecular formula is C16H22BrN3O. The van der Waals surface area contributed by atoms with Gasteiger partial charge in [0.2, 0.25) is 0 Å². The van der Waals surface area contributed by atoms with Crippen LogP contribution < -0.4 is 5.73 Å². The quantitative estimate of drug-likeness (QED) is 0.672. The minimum Gasteiger partial charge on any atom is -0.378 e. The lowest BCUT2D eigenvalue weighted by molar-refractivity contribution is 0.0673. The smallest absolute Gasteiger partial charge is 0.191 e. The summed E-state index contributed by atoms with van der Waals surface area (Å²) in [5, 5.41) is 0. The van der Waals surface area contributed by atoms with Gasteiger partial charge < -0.3 is 15.4 Å². The van der Waals surface area contributed by atoms with Gasteiger partial charge in [0.15, 0.2) is 5.96 Å². The first kappa shape index (κ1) is 14.9. The minimum atomic E-state index is 0.181. The summed E-state index contributed by atoms with van der Waals surface area (Å²) in [6.45, 7) is 3.96. The number of hydrogen-bond acceptors (Lipinski definition) is 2. The molecule has 2 aliphatic rings. The summed E-state index contributed by atoms with van der Waals surface area (Å²) in [5.41, 5.74) is 7.71. The van der Waals surface area contributed by atoms with Gasteiger partial charge in [0.05, 0.1) is 19.8 Å². The van der Waals surface area contributed by atoms with E-state index in [0.29, 0.717) is 5.96 Å². The number of rotatable bonds is 3. The van der Waals surface area contributed by atoms with Crippen molar-refractivity contribution in [3.8, 4) is 0 Å². The number of morpholine rings is 1. The largest absolute Gasteiger partial charge is 0.378 e. The molecule has 2 N–H and O–H groups in total. The number of aliphatic imine (C=N–C) groups is 1. The molecule has 1 heterocycles. The summed E-state index contributed by atoms with van der Waals surface area (Å²) < 4.78 is 6.49. The Morgan fingerprint density at radius 1 is 1.33 bits per heavy atom. The number of ether oxygens (including phenoxy) is 1. The summed E-state index contributed by atoms with van der Waals surface area (Å²) in [5.74, 6) is 0.666. The first-order chi connectivity index (χ1) is 10.2.